The van der Waals surface area contributed by atoms with Crippen LogP contribution in [-0.2, 0) is 6.18 Å². The highest BCUT2D eigenvalue weighted by Gasteiger charge is 2.36. The quantitative estimate of drug-likeness (QED) is 0.157. The van der Waals surface area contributed by atoms with E-state index in [0.29, 0.717) is 16.9 Å². The minimum absolute atomic E-state index is 0.0244. The SMILES string of the molecule is N#Cc1cccc(-c2cc(-n3c4ccc(-c5ccccc5)cc4c4cc(-c5ccccc5)ccc43)c(-n3c4ccc(-c5ccccc5)cc4c4cc(-c5ccccc5)ccc43)cc2C(F)(F)F)c1. The van der Waals surface area contributed by atoms with Gasteiger partial charge < -0.3 is 9.13 Å². The highest BCUT2D eigenvalue weighted by atomic mass is 19.4. The first kappa shape index (κ1) is 40.6. The molecule has 0 amide bonds. The van der Waals surface area contributed by atoms with E-state index in [1.165, 1.54) is 12.1 Å². The first-order chi connectivity index (χ1) is 33.3. The second kappa shape index (κ2) is 16.2. The molecule has 0 radical (unpaired) electrons. The van der Waals surface area contributed by atoms with E-state index in [2.05, 4.69) is 108 Å². The summed E-state index contributed by atoms with van der Waals surface area (Å²) < 4.78 is 52.0. The second-order valence-electron chi connectivity index (χ2n) is 17.1. The lowest BCUT2D eigenvalue weighted by atomic mass is 9.95. The van der Waals surface area contributed by atoms with Gasteiger partial charge in [-0.2, -0.15) is 18.4 Å². The van der Waals surface area contributed by atoms with E-state index in [9.17, 15) is 5.26 Å². The molecule has 12 aromatic rings. The molecule has 0 atom stereocenters. The summed E-state index contributed by atoms with van der Waals surface area (Å²) in [7, 11) is 0. The molecule has 0 saturated heterocycles. The summed E-state index contributed by atoms with van der Waals surface area (Å²) in [5.41, 5.74) is 12.1. The Morgan fingerprint density at radius 2 is 0.662 bits per heavy atom. The largest absolute Gasteiger partial charge is 0.417 e. The fraction of sp³-hybridized carbons (Fsp3) is 0.0161. The van der Waals surface area contributed by atoms with Crippen LogP contribution in [0, 0.1) is 11.3 Å². The molecule has 0 aliphatic heterocycles. The van der Waals surface area contributed by atoms with Gasteiger partial charge in [0.05, 0.1) is 50.6 Å². The number of halogens is 3. The van der Waals surface area contributed by atoms with Crippen molar-refractivity contribution in [2.45, 2.75) is 6.18 Å². The lowest BCUT2D eigenvalue weighted by Gasteiger charge is -2.22. The summed E-state index contributed by atoms with van der Waals surface area (Å²) in [4.78, 5) is 0. The molecule has 10 aromatic carbocycles. The van der Waals surface area contributed by atoms with Gasteiger partial charge >= 0.3 is 6.18 Å². The molecule has 0 unspecified atom stereocenters. The lowest BCUT2D eigenvalue weighted by Crippen LogP contribution is -2.12. The van der Waals surface area contributed by atoms with Gasteiger partial charge in [0, 0.05) is 21.5 Å². The number of fused-ring (bicyclic) bond motifs is 6. The molecular weight excluding hydrogens is 844 g/mol. The Balaban J connectivity index is 1.23. The van der Waals surface area contributed by atoms with E-state index in [1.807, 2.05) is 102 Å². The van der Waals surface area contributed by atoms with Gasteiger partial charge in [0.25, 0.3) is 0 Å². The standard InChI is InChI=1S/C62H38F3N3/c63-62(64,65)55-38-61(68-58-30-26-47(43-19-9-3-10-20-43)35-53(58)54-36-48(27-31-59(54)68)44-21-11-4-12-22-44)60(37-50(55)49-23-13-14-40(32-49)39-66)67-56-28-24-45(41-15-5-1-6-16-41)33-51(56)52-34-46(25-29-57(52)67)42-17-7-2-8-18-42/h1-38H. The minimum Gasteiger partial charge on any atom is -0.307 e. The van der Waals surface area contributed by atoms with Crippen LogP contribution >= 0.6 is 0 Å². The van der Waals surface area contributed by atoms with Crippen molar-refractivity contribution in [1.82, 2.24) is 9.13 Å². The maximum Gasteiger partial charge on any atom is 0.417 e. The molecule has 12 rings (SSSR count). The third-order valence-electron chi connectivity index (χ3n) is 13.2. The van der Waals surface area contributed by atoms with Gasteiger partial charge in [-0.1, -0.05) is 158 Å². The molecule has 0 aliphatic rings. The van der Waals surface area contributed by atoms with Crippen LogP contribution in [0.25, 0.3) is 111 Å². The third-order valence-corrected chi connectivity index (χ3v) is 13.2. The molecular formula is C62H38F3N3. The molecule has 2 heterocycles. The number of rotatable bonds is 7. The topological polar surface area (TPSA) is 33.6 Å². The predicted molar refractivity (Wildman–Crippen MR) is 272 cm³/mol. The number of hydrogen-bond acceptors (Lipinski definition) is 1. The third kappa shape index (κ3) is 6.92. The van der Waals surface area contributed by atoms with Gasteiger partial charge in [0.15, 0.2) is 0 Å². The molecule has 322 valence electrons. The first-order valence-electron chi connectivity index (χ1n) is 22.5. The zero-order valence-corrected chi connectivity index (χ0v) is 36.4. The molecule has 0 spiro atoms. The van der Waals surface area contributed by atoms with Crippen molar-refractivity contribution in [2.75, 3.05) is 0 Å². The van der Waals surface area contributed by atoms with Crippen molar-refractivity contribution in [2.24, 2.45) is 0 Å². The molecule has 6 heteroatoms. The Bertz CT molecular complexity index is 3740. The smallest absolute Gasteiger partial charge is 0.307 e. The Morgan fingerprint density at radius 1 is 0.324 bits per heavy atom. The van der Waals surface area contributed by atoms with Crippen LogP contribution in [0.15, 0.2) is 231 Å². The van der Waals surface area contributed by atoms with Crippen LogP contribution in [0.1, 0.15) is 11.1 Å². The molecule has 3 nitrogen and oxygen atoms in total. The summed E-state index contributed by atoms with van der Waals surface area (Å²) in [5, 5.41) is 13.7. The normalized spacial score (nSPS) is 11.7. The van der Waals surface area contributed by atoms with Crippen molar-refractivity contribution in [3.63, 3.8) is 0 Å². The Kier molecular flexibility index (Phi) is 9.67. The lowest BCUT2D eigenvalue weighted by molar-refractivity contribution is -0.137. The summed E-state index contributed by atoms with van der Waals surface area (Å²) >= 11 is 0. The predicted octanol–water partition coefficient (Wildman–Crippen LogP) is 17.1. The molecule has 0 N–H and O–H groups in total. The first-order valence-corrected chi connectivity index (χ1v) is 22.5. The van der Waals surface area contributed by atoms with Crippen molar-refractivity contribution in [3.05, 3.63) is 242 Å². The molecule has 2 aromatic heterocycles. The average Bonchev–Trinajstić information content (AvgIpc) is 3.90. The molecule has 0 aliphatic carbocycles. The maximum atomic E-state index is 16.0. The van der Waals surface area contributed by atoms with Crippen LogP contribution in [0.4, 0.5) is 13.2 Å². The number of nitrogens with zero attached hydrogens (tertiary/aromatic N) is 3. The number of alkyl halides is 3. The fourth-order valence-electron chi connectivity index (χ4n) is 9.97. The van der Waals surface area contributed by atoms with Crippen LogP contribution in [0.5, 0.6) is 0 Å². The second-order valence-corrected chi connectivity index (χ2v) is 17.1. The Hall–Kier alpha value is -8.92. The van der Waals surface area contributed by atoms with Crippen molar-refractivity contribution >= 4 is 43.6 Å². The van der Waals surface area contributed by atoms with E-state index < -0.39 is 11.7 Å². The highest BCUT2D eigenvalue weighted by Crippen LogP contribution is 2.46. The van der Waals surface area contributed by atoms with Crippen molar-refractivity contribution in [1.29, 1.82) is 5.26 Å². The van der Waals surface area contributed by atoms with E-state index in [1.54, 1.807) is 24.3 Å². The number of nitriles is 1. The van der Waals surface area contributed by atoms with Gasteiger partial charge in [0.1, 0.15) is 0 Å². The fourth-order valence-corrected chi connectivity index (χ4v) is 9.97. The van der Waals surface area contributed by atoms with Crippen LogP contribution in [0.3, 0.4) is 0 Å². The van der Waals surface area contributed by atoms with Crippen LogP contribution in [0.2, 0.25) is 0 Å². The van der Waals surface area contributed by atoms with Gasteiger partial charge in [-0.05, 0) is 128 Å². The zero-order chi connectivity index (χ0) is 45.9. The van der Waals surface area contributed by atoms with Crippen LogP contribution in [-0.4, -0.2) is 9.13 Å². The Morgan fingerprint density at radius 3 is 1.00 bits per heavy atom. The number of benzene rings is 10. The van der Waals surface area contributed by atoms with Crippen molar-refractivity contribution < 1.29 is 13.2 Å². The summed E-state index contributed by atoms with van der Waals surface area (Å²) in [6.45, 7) is 0. The summed E-state index contributed by atoms with van der Waals surface area (Å²) in [5.74, 6) is 0. The molecule has 68 heavy (non-hydrogen) atoms. The molecule has 0 saturated carbocycles. The van der Waals surface area contributed by atoms with Gasteiger partial charge in [0.2, 0.25) is 0 Å². The van der Waals surface area contributed by atoms with Gasteiger partial charge in [-0.25, -0.2) is 0 Å². The van der Waals surface area contributed by atoms with Gasteiger partial charge in [-0.15, -0.1) is 0 Å². The van der Waals surface area contributed by atoms with Gasteiger partial charge in [-0.3, -0.25) is 0 Å². The van der Waals surface area contributed by atoms with Crippen molar-refractivity contribution in [3.8, 4) is 73.1 Å². The zero-order valence-electron chi connectivity index (χ0n) is 36.4. The maximum absolute atomic E-state index is 16.0. The Labute approximate surface area is 390 Å². The van der Waals surface area contributed by atoms with E-state index in [-0.39, 0.29) is 11.1 Å². The van der Waals surface area contributed by atoms with Crippen LogP contribution < -0.4 is 0 Å². The van der Waals surface area contributed by atoms with E-state index in [4.69, 9.17) is 0 Å². The summed E-state index contributed by atoms with van der Waals surface area (Å²) in [6.07, 6.45) is -4.76. The highest BCUT2D eigenvalue weighted by molar-refractivity contribution is 6.14. The molecule has 0 bridgehead atoms. The number of aromatic nitrogens is 2. The monoisotopic (exact) mass is 881 g/mol. The minimum atomic E-state index is -4.76. The molecule has 0 fully saturated rings. The summed E-state index contributed by atoms with van der Waals surface area (Å²) in [6, 6.07) is 77.4. The number of hydrogen-bond donors (Lipinski definition) is 0. The average molecular weight is 882 g/mol. The van der Waals surface area contributed by atoms with E-state index in [0.717, 1.165) is 88.1 Å². The van der Waals surface area contributed by atoms with E-state index >= 15 is 13.2 Å².